The van der Waals surface area contributed by atoms with Crippen molar-refractivity contribution in [3.8, 4) is 5.75 Å². The quantitative estimate of drug-likeness (QED) is 0.141. The molecule has 1 N–H and O–H groups in total. The number of benzene rings is 4. The van der Waals surface area contributed by atoms with Crippen molar-refractivity contribution < 1.29 is 35.0 Å². The van der Waals surface area contributed by atoms with Crippen molar-refractivity contribution in [2.75, 3.05) is 26.2 Å². The maximum Gasteiger partial charge on any atom is 0.313 e. The normalized spacial score (nSPS) is 12.4. The van der Waals surface area contributed by atoms with Crippen LogP contribution in [-0.2, 0) is 30.1 Å². The van der Waals surface area contributed by atoms with Gasteiger partial charge in [0, 0.05) is 25.7 Å². The molecule has 0 spiro atoms. The van der Waals surface area contributed by atoms with E-state index in [2.05, 4.69) is 4.72 Å². The summed E-state index contributed by atoms with van der Waals surface area (Å²) in [5.74, 6) is -0.382. The van der Waals surface area contributed by atoms with E-state index in [0.717, 1.165) is 27.1 Å². The lowest BCUT2D eigenvalue weighted by molar-refractivity contribution is -0.386. The van der Waals surface area contributed by atoms with Gasteiger partial charge >= 0.3 is 5.69 Å². The van der Waals surface area contributed by atoms with Crippen LogP contribution in [-0.4, -0.2) is 65.1 Å². The molecule has 47 heavy (non-hydrogen) atoms. The molecule has 4 rings (SSSR count). The first kappa shape index (κ1) is 35.7. The summed E-state index contributed by atoms with van der Waals surface area (Å²) in [6.45, 7) is 3.50. The number of nitrogens with zero attached hydrogens (tertiary/aromatic N) is 3. The van der Waals surface area contributed by atoms with Crippen molar-refractivity contribution in [2.45, 2.75) is 35.5 Å². The third kappa shape index (κ3) is 8.79. The highest BCUT2D eigenvalue weighted by atomic mass is 32.2. The van der Waals surface area contributed by atoms with Crippen molar-refractivity contribution in [1.82, 2.24) is 13.5 Å². The number of rotatable bonds is 15. The first-order chi connectivity index (χ1) is 22.1. The Morgan fingerprint density at radius 3 is 1.62 bits per heavy atom. The van der Waals surface area contributed by atoms with E-state index in [4.69, 9.17) is 4.84 Å². The molecule has 0 bridgehead atoms. The third-order valence-corrected chi connectivity index (χ3v) is 12.1. The van der Waals surface area contributed by atoms with Gasteiger partial charge in [0.1, 0.15) is 0 Å². The summed E-state index contributed by atoms with van der Waals surface area (Å²) in [6.07, 6.45) is 0. The fourth-order valence-corrected chi connectivity index (χ4v) is 8.02. The molecule has 0 fully saturated rings. The molecule has 0 aliphatic heterocycles. The van der Waals surface area contributed by atoms with Crippen LogP contribution in [0.2, 0.25) is 0 Å². The third-order valence-electron chi connectivity index (χ3n) is 7.02. The van der Waals surface area contributed by atoms with Gasteiger partial charge in [0.05, 0.1) is 26.2 Å². The van der Waals surface area contributed by atoms with Crippen molar-refractivity contribution >= 4 is 35.8 Å². The highest BCUT2D eigenvalue weighted by molar-refractivity contribution is 7.90. The molecule has 0 aliphatic rings. The van der Waals surface area contributed by atoms with Gasteiger partial charge in [-0.3, -0.25) is 10.1 Å². The van der Waals surface area contributed by atoms with Crippen LogP contribution >= 0.6 is 0 Å². The fraction of sp³-hybridized carbons (Fsp3) is 0.226. The van der Waals surface area contributed by atoms with Crippen molar-refractivity contribution in [2.24, 2.45) is 0 Å². The van der Waals surface area contributed by atoms with E-state index in [0.29, 0.717) is 4.47 Å². The first-order valence-electron chi connectivity index (χ1n) is 14.3. The van der Waals surface area contributed by atoms with Crippen molar-refractivity contribution in [3.05, 3.63) is 124 Å². The molecule has 250 valence electrons. The van der Waals surface area contributed by atoms with E-state index in [1.165, 1.54) is 54.6 Å². The van der Waals surface area contributed by atoms with E-state index in [9.17, 15) is 35.4 Å². The standard InChI is InChI=1S/C31H34N4O9S3/c1-24-8-14-27(15-9-24)45(38,39)32-20-21-33(46(40,41)28-16-10-25(2)11-17-28)22-23-34(44-31-7-5-4-6-30(31)35(36)37)47(42,43)29-18-12-26(3)13-19-29/h4-19,32H,20-23H2,1-3H3. The maximum absolute atomic E-state index is 13.8. The van der Waals surface area contributed by atoms with Crippen LogP contribution in [0.4, 0.5) is 5.69 Å². The van der Waals surface area contributed by atoms with Crippen LogP contribution in [0, 0.1) is 30.9 Å². The highest BCUT2D eigenvalue weighted by Crippen LogP contribution is 2.29. The Morgan fingerprint density at radius 2 is 1.11 bits per heavy atom. The molecule has 0 amide bonds. The average Bonchev–Trinajstić information content (AvgIpc) is 3.02. The summed E-state index contributed by atoms with van der Waals surface area (Å²) < 4.78 is 84.9. The predicted octanol–water partition coefficient (Wildman–Crippen LogP) is 4.17. The zero-order valence-corrected chi connectivity index (χ0v) is 28.3. The van der Waals surface area contributed by atoms with Gasteiger partial charge < -0.3 is 4.84 Å². The second kappa shape index (κ2) is 14.7. The van der Waals surface area contributed by atoms with Crippen LogP contribution in [0.5, 0.6) is 5.75 Å². The molecular formula is C31H34N4O9S3. The van der Waals surface area contributed by atoms with E-state index < -0.39 is 53.8 Å². The molecule has 0 atom stereocenters. The number of sulfonamides is 3. The monoisotopic (exact) mass is 702 g/mol. The predicted molar refractivity (Wildman–Crippen MR) is 175 cm³/mol. The van der Waals surface area contributed by atoms with Crippen LogP contribution in [0.15, 0.2) is 112 Å². The summed E-state index contributed by atoms with van der Waals surface area (Å²) in [4.78, 5) is 16.3. The molecule has 0 heterocycles. The van der Waals surface area contributed by atoms with Crippen molar-refractivity contribution in [1.29, 1.82) is 0 Å². The van der Waals surface area contributed by atoms with Gasteiger partial charge in [-0.05, 0) is 67.7 Å². The SMILES string of the molecule is Cc1ccc(S(=O)(=O)NCCN(CCN(Oc2ccccc2[N+](=O)[O-])S(=O)(=O)c2ccc(C)cc2)S(=O)(=O)c2ccc(C)cc2)cc1. The number of hydrogen-bond donors (Lipinski definition) is 1. The zero-order valence-electron chi connectivity index (χ0n) is 25.8. The van der Waals surface area contributed by atoms with Gasteiger partial charge in [-0.2, -0.15) is 4.31 Å². The van der Waals surface area contributed by atoms with Gasteiger partial charge in [0.2, 0.25) is 25.8 Å². The first-order valence-corrected chi connectivity index (χ1v) is 18.6. The second-order valence-electron chi connectivity index (χ2n) is 10.6. The lowest BCUT2D eigenvalue weighted by Gasteiger charge is -2.27. The lowest BCUT2D eigenvalue weighted by atomic mass is 10.2. The molecule has 13 nitrogen and oxygen atoms in total. The minimum Gasteiger partial charge on any atom is -0.383 e. The van der Waals surface area contributed by atoms with E-state index in [-0.39, 0.29) is 33.5 Å². The molecule has 0 saturated carbocycles. The van der Waals surface area contributed by atoms with Crippen molar-refractivity contribution in [3.63, 3.8) is 0 Å². The molecular weight excluding hydrogens is 669 g/mol. The molecule has 0 aliphatic carbocycles. The Labute approximate surface area is 274 Å². The molecule has 0 aromatic heterocycles. The number of hydrogen-bond acceptors (Lipinski definition) is 9. The van der Waals surface area contributed by atoms with Gasteiger partial charge in [-0.25, -0.2) is 30.0 Å². The van der Waals surface area contributed by atoms with Crippen LogP contribution in [0.1, 0.15) is 16.7 Å². The Bertz CT molecular complexity index is 2040. The number of para-hydroxylation sites is 2. The molecule has 0 radical (unpaired) electrons. The molecule has 4 aromatic rings. The van der Waals surface area contributed by atoms with Gasteiger partial charge in [-0.15, -0.1) is 0 Å². The van der Waals surface area contributed by atoms with Gasteiger partial charge in [0.25, 0.3) is 10.0 Å². The number of nitro benzene ring substituents is 1. The van der Waals surface area contributed by atoms with E-state index in [1.807, 2.05) is 0 Å². The summed E-state index contributed by atoms with van der Waals surface area (Å²) in [7, 11) is -12.8. The number of aryl methyl sites for hydroxylation is 3. The Balaban J connectivity index is 1.67. The largest absolute Gasteiger partial charge is 0.383 e. The average molecular weight is 703 g/mol. The van der Waals surface area contributed by atoms with Crippen LogP contribution < -0.4 is 9.56 Å². The minimum absolute atomic E-state index is 0.00994. The Hall–Kier alpha value is -4.19. The summed E-state index contributed by atoms with van der Waals surface area (Å²) >= 11 is 0. The van der Waals surface area contributed by atoms with E-state index >= 15 is 0 Å². The Morgan fingerprint density at radius 1 is 0.638 bits per heavy atom. The van der Waals surface area contributed by atoms with Gasteiger partial charge in [-0.1, -0.05) is 65.2 Å². The molecule has 0 unspecified atom stereocenters. The number of nitro groups is 1. The molecule has 16 heteroatoms. The summed E-state index contributed by atoms with van der Waals surface area (Å²) in [5, 5.41) is 11.7. The maximum atomic E-state index is 13.8. The van der Waals surface area contributed by atoms with Crippen LogP contribution in [0.3, 0.4) is 0 Å². The smallest absolute Gasteiger partial charge is 0.313 e. The highest BCUT2D eigenvalue weighted by Gasteiger charge is 2.32. The topological polar surface area (TPSA) is 173 Å². The number of nitrogens with one attached hydrogen (secondary N) is 1. The summed E-state index contributed by atoms with van der Waals surface area (Å²) in [6, 6.07) is 23.0. The molecule has 4 aromatic carbocycles. The number of hydroxylamine groups is 1. The zero-order chi connectivity index (χ0) is 34.4. The Kier molecular flexibility index (Phi) is 11.2. The van der Waals surface area contributed by atoms with E-state index in [1.54, 1.807) is 57.2 Å². The van der Waals surface area contributed by atoms with Crippen LogP contribution in [0.25, 0.3) is 0 Å². The molecule has 0 saturated heterocycles. The second-order valence-corrected chi connectivity index (χ2v) is 16.1. The minimum atomic E-state index is -4.50. The fourth-order valence-electron chi connectivity index (χ4n) is 4.35. The van der Waals surface area contributed by atoms with Gasteiger partial charge in [0.15, 0.2) is 0 Å². The lowest BCUT2D eigenvalue weighted by Crippen LogP contribution is -2.45. The summed E-state index contributed by atoms with van der Waals surface area (Å²) in [5.41, 5.74) is 1.92.